The maximum absolute atomic E-state index is 11.7. The van der Waals surface area contributed by atoms with Crippen molar-refractivity contribution in [3.8, 4) is 0 Å². The second-order valence-electron chi connectivity index (χ2n) is 14.9. The van der Waals surface area contributed by atoms with Gasteiger partial charge in [-0.2, -0.15) is 0 Å². The molecule has 4 rings (SSSR count). The van der Waals surface area contributed by atoms with E-state index in [0.717, 1.165) is 19.3 Å². The third-order valence-corrected chi connectivity index (χ3v) is 12.9. The minimum Gasteiger partial charge on any atom is -0.393 e. The molecule has 4 aliphatic rings. The number of aliphatic hydroxyl groups is 3. The molecule has 3 N–H and O–H groups in total. The van der Waals surface area contributed by atoms with E-state index >= 15 is 0 Å². The lowest BCUT2D eigenvalue weighted by molar-refractivity contribution is -0.225. The van der Waals surface area contributed by atoms with Crippen molar-refractivity contribution in [1.29, 1.82) is 0 Å². The molecule has 192 valence electrons. The molecular formula is C30H54O3. The van der Waals surface area contributed by atoms with E-state index in [0.29, 0.717) is 47.3 Å². The minimum atomic E-state index is -0.695. The van der Waals surface area contributed by atoms with E-state index in [4.69, 9.17) is 0 Å². The Bertz CT molecular complexity index is 728. The van der Waals surface area contributed by atoms with Crippen LogP contribution in [0.2, 0.25) is 0 Å². The van der Waals surface area contributed by atoms with Crippen LogP contribution in [0.5, 0.6) is 0 Å². The van der Waals surface area contributed by atoms with E-state index < -0.39 is 5.60 Å². The van der Waals surface area contributed by atoms with Gasteiger partial charge in [0.1, 0.15) is 0 Å². The Morgan fingerprint density at radius 3 is 2.12 bits per heavy atom. The van der Waals surface area contributed by atoms with Crippen molar-refractivity contribution in [3.63, 3.8) is 0 Å². The fourth-order valence-corrected chi connectivity index (χ4v) is 10.4. The van der Waals surface area contributed by atoms with E-state index in [2.05, 4.69) is 55.4 Å². The Labute approximate surface area is 204 Å². The minimum absolute atomic E-state index is 0.00517. The van der Waals surface area contributed by atoms with Crippen LogP contribution in [0.1, 0.15) is 120 Å². The first kappa shape index (κ1) is 26.0. The summed E-state index contributed by atoms with van der Waals surface area (Å²) in [5.41, 5.74) is 0.202. The lowest BCUT2D eigenvalue weighted by Crippen LogP contribution is -2.64. The Kier molecular flexibility index (Phi) is 6.45. The fourth-order valence-electron chi connectivity index (χ4n) is 10.4. The SMILES string of the molecule is CC(C)C(O)CC[C@](C)(O)[C@H]1CC[C@@]2(C)[C@H]1CC[C@H]1[C@@]3(C)CCC(O)C(C)(C)[C@@H]3CC[C@@]12C. The number of aliphatic hydroxyl groups excluding tert-OH is 2. The predicted molar refractivity (Wildman–Crippen MR) is 136 cm³/mol. The monoisotopic (exact) mass is 462 g/mol. The summed E-state index contributed by atoms with van der Waals surface area (Å²) in [6.07, 6.45) is 10.4. The van der Waals surface area contributed by atoms with Crippen molar-refractivity contribution in [3.05, 3.63) is 0 Å². The van der Waals surface area contributed by atoms with Crippen LogP contribution >= 0.6 is 0 Å². The Hall–Kier alpha value is -0.120. The maximum Gasteiger partial charge on any atom is 0.0651 e. The van der Waals surface area contributed by atoms with Gasteiger partial charge in [-0.25, -0.2) is 0 Å². The molecule has 3 heteroatoms. The Morgan fingerprint density at radius 1 is 0.848 bits per heavy atom. The summed E-state index contributed by atoms with van der Waals surface area (Å²) >= 11 is 0. The van der Waals surface area contributed by atoms with Crippen molar-refractivity contribution in [2.75, 3.05) is 0 Å². The highest BCUT2D eigenvalue weighted by Crippen LogP contribution is 2.75. The molecule has 0 aromatic rings. The van der Waals surface area contributed by atoms with Crippen LogP contribution in [0, 0.1) is 51.2 Å². The van der Waals surface area contributed by atoms with Crippen molar-refractivity contribution < 1.29 is 15.3 Å². The van der Waals surface area contributed by atoms with E-state index in [9.17, 15) is 15.3 Å². The molecule has 0 bridgehead atoms. The molecule has 3 nitrogen and oxygen atoms in total. The van der Waals surface area contributed by atoms with Crippen LogP contribution in [-0.4, -0.2) is 33.1 Å². The van der Waals surface area contributed by atoms with Crippen LogP contribution in [0.3, 0.4) is 0 Å². The van der Waals surface area contributed by atoms with Crippen molar-refractivity contribution in [2.45, 2.75) is 137 Å². The second kappa shape index (κ2) is 8.20. The predicted octanol–water partition coefficient (Wildman–Crippen LogP) is 6.58. The highest BCUT2D eigenvalue weighted by Gasteiger charge is 2.69. The molecule has 0 aromatic heterocycles. The molecule has 2 unspecified atom stereocenters. The van der Waals surface area contributed by atoms with Gasteiger partial charge < -0.3 is 15.3 Å². The Balaban J connectivity index is 1.59. The quantitative estimate of drug-likeness (QED) is 0.432. The van der Waals surface area contributed by atoms with E-state index in [-0.39, 0.29) is 29.0 Å². The van der Waals surface area contributed by atoms with Gasteiger partial charge in [0, 0.05) is 0 Å². The average molecular weight is 463 g/mol. The molecule has 33 heavy (non-hydrogen) atoms. The smallest absolute Gasteiger partial charge is 0.0651 e. The first-order valence-corrected chi connectivity index (χ1v) is 14.2. The molecule has 0 spiro atoms. The maximum atomic E-state index is 11.7. The molecular weight excluding hydrogens is 408 g/mol. The van der Waals surface area contributed by atoms with Crippen LogP contribution in [0.25, 0.3) is 0 Å². The molecule has 4 aliphatic carbocycles. The molecule has 4 saturated carbocycles. The molecule has 4 fully saturated rings. The number of hydrogen-bond donors (Lipinski definition) is 3. The van der Waals surface area contributed by atoms with Gasteiger partial charge in [0.25, 0.3) is 0 Å². The number of rotatable bonds is 5. The van der Waals surface area contributed by atoms with Gasteiger partial charge in [-0.15, -0.1) is 0 Å². The van der Waals surface area contributed by atoms with Gasteiger partial charge >= 0.3 is 0 Å². The van der Waals surface area contributed by atoms with Crippen molar-refractivity contribution in [1.82, 2.24) is 0 Å². The number of fused-ring (bicyclic) bond motifs is 5. The first-order valence-electron chi connectivity index (χ1n) is 14.2. The highest BCUT2D eigenvalue weighted by atomic mass is 16.3. The second-order valence-corrected chi connectivity index (χ2v) is 14.9. The van der Waals surface area contributed by atoms with Gasteiger partial charge in [-0.1, -0.05) is 48.5 Å². The van der Waals surface area contributed by atoms with Crippen molar-refractivity contribution >= 4 is 0 Å². The molecule has 0 heterocycles. The van der Waals surface area contributed by atoms with Crippen LogP contribution in [-0.2, 0) is 0 Å². The largest absolute Gasteiger partial charge is 0.393 e. The summed E-state index contributed by atoms with van der Waals surface area (Å²) in [5, 5.41) is 32.9. The van der Waals surface area contributed by atoms with Crippen molar-refractivity contribution in [2.24, 2.45) is 51.2 Å². The van der Waals surface area contributed by atoms with Crippen LogP contribution in [0.15, 0.2) is 0 Å². The van der Waals surface area contributed by atoms with Gasteiger partial charge in [0.15, 0.2) is 0 Å². The first-order chi connectivity index (χ1) is 15.1. The van der Waals surface area contributed by atoms with Gasteiger partial charge in [0.2, 0.25) is 0 Å². The van der Waals surface area contributed by atoms with Gasteiger partial charge in [-0.3, -0.25) is 0 Å². The fraction of sp³-hybridized carbons (Fsp3) is 1.00. The van der Waals surface area contributed by atoms with E-state index in [1.807, 2.05) is 0 Å². The Morgan fingerprint density at radius 2 is 1.48 bits per heavy atom. The zero-order valence-electron chi connectivity index (χ0n) is 23.0. The average Bonchev–Trinajstić information content (AvgIpc) is 3.08. The molecule has 10 atom stereocenters. The standard InChI is InChI=1S/C30H54O3/c1-19(2)22(31)12-18-30(8,33)21-11-16-28(6)20(21)9-10-24-27(5)15-14-25(32)26(3,4)23(27)13-17-29(24,28)7/h19-25,31-33H,9-18H2,1-8H3/t20-,21-,22?,23-,24-,25?,27-,28-,29-,30-/m0/s1. The summed E-state index contributed by atoms with van der Waals surface area (Å²) in [6, 6.07) is 0. The van der Waals surface area contributed by atoms with Crippen LogP contribution < -0.4 is 0 Å². The van der Waals surface area contributed by atoms with E-state index in [1.54, 1.807) is 0 Å². The molecule has 0 radical (unpaired) electrons. The summed E-state index contributed by atoms with van der Waals surface area (Å²) in [7, 11) is 0. The summed E-state index contributed by atoms with van der Waals surface area (Å²) in [6.45, 7) is 18.6. The lowest BCUT2D eigenvalue weighted by atomic mass is 9.35. The molecule has 0 saturated heterocycles. The zero-order valence-corrected chi connectivity index (χ0v) is 23.0. The number of hydrogen-bond acceptors (Lipinski definition) is 3. The topological polar surface area (TPSA) is 60.7 Å². The summed E-state index contributed by atoms with van der Waals surface area (Å²) in [5.74, 6) is 2.48. The van der Waals surface area contributed by atoms with Crippen LogP contribution in [0.4, 0.5) is 0 Å². The molecule has 0 aromatic carbocycles. The highest BCUT2D eigenvalue weighted by molar-refractivity contribution is 5.18. The third-order valence-electron chi connectivity index (χ3n) is 12.9. The normalized spacial score (nSPS) is 49.6. The zero-order chi connectivity index (χ0) is 24.6. The molecule has 0 aliphatic heterocycles. The summed E-state index contributed by atoms with van der Waals surface area (Å²) < 4.78 is 0. The molecule has 0 amide bonds. The van der Waals surface area contributed by atoms with E-state index in [1.165, 1.54) is 32.1 Å². The summed E-state index contributed by atoms with van der Waals surface area (Å²) in [4.78, 5) is 0. The van der Waals surface area contributed by atoms with Gasteiger partial charge in [-0.05, 0) is 122 Å². The third kappa shape index (κ3) is 3.69. The van der Waals surface area contributed by atoms with Gasteiger partial charge in [0.05, 0.1) is 17.8 Å². The lowest BCUT2D eigenvalue weighted by Gasteiger charge is -2.70.